The van der Waals surface area contributed by atoms with E-state index in [1.54, 1.807) is 96.4 Å². The number of fused-ring (bicyclic) bond motifs is 1. The molecule has 0 saturated carbocycles. The van der Waals surface area contributed by atoms with E-state index in [4.69, 9.17) is 104 Å². The number of nitrogens with one attached hydrogen (secondary N) is 6. The van der Waals surface area contributed by atoms with Crippen LogP contribution in [0.3, 0.4) is 0 Å². The first-order chi connectivity index (χ1) is 78.5. The molecule has 12 aromatic carbocycles. The number of thiophene rings is 1. The number of aryl methyl sites for hydroxylation is 4. The Morgan fingerprint density at radius 2 is 0.664 bits per heavy atom. The lowest BCUT2D eigenvalue weighted by Gasteiger charge is -2.19. The van der Waals surface area contributed by atoms with E-state index < -0.39 is 246 Å². The molecule has 116 heavy (non-hydrogen) atoms. The Kier molecular flexibility index (Phi) is 18.8. The van der Waals surface area contributed by atoms with Gasteiger partial charge in [0.15, 0.2) is 0 Å². The van der Waals surface area contributed by atoms with Crippen LogP contribution in [0.1, 0.15) is 211 Å². The van der Waals surface area contributed by atoms with Crippen LogP contribution in [-0.2, 0) is 0 Å². The zero-order valence-electron chi connectivity index (χ0n) is 119. The van der Waals surface area contributed by atoms with Gasteiger partial charge in [0.2, 0.25) is 0 Å². The molecule has 0 aliphatic rings. The van der Waals surface area contributed by atoms with Crippen molar-refractivity contribution in [3.63, 3.8) is 0 Å². The van der Waals surface area contributed by atoms with E-state index in [1.807, 2.05) is 118 Å². The smallest absolute Gasteiger partial charge is 0.134 e. The first-order valence-electron chi connectivity index (χ1n) is 63.3. The summed E-state index contributed by atoms with van der Waals surface area (Å²) in [5.74, 6) is 0.467. The largest absolute Gasteiger partial charge is 0.486 e. The highest BCUT2D eigenvalue weighted by Gasteiger charge is 2.19. The van der Waals surface area contributed by atoms with Crippen molar-refractivity contribution in [1.82, 2.24) is 31.9 Å². The van der Waals surface area contributed by atoms with E-state index in [9.17, 15) is 0 Å². The minimum atomic E-state index is -3.82. The molecule has 0 aliphatic carbocycles. The number of ether oxygens (including phenoxy) is 6. The number of rotatable bonds is 36. The summed E-state index contributed by atoms with van der Waals surface area (Å²) in [6.07, 6.45) is -17.5. The standard InChI is InChI=1S/C18H19NOS.5C17H21NO/c1-19-12-11-17(18-10-5-13-21-18)20-16-9-4-7-14-6-2-3-8-15(14)16;5*1-14-8-10-16(11-9-14)19-17(12-13-18-2)15-6-4-3-5-7-15/h2-10,13,17,19H,11-12H2,1H3;5*3-11,17-18H,12-13H2,1-2H3/i1D3,2D,3D,4D,5D,6D,7D,8D,9D,10D,11D2,12D2,13D,17D;2D3,3D,4D,5D,6D,7D,12D2,13D2;2D3,3D,4D,5D,6D,7D;2D3,8D,9D,10D,11D;2D3,12D2,13D2;2D3. The third-order valence-electron chi connectivity index (χ3n) is 15.6. The minimum absolute atomic E-state index is 0.00826. The highest BCUT2D eigenvalue weighted by molar-refractivity contribution is 7.10. The van der Waals surface area contributed by atoms with Crippen LogP contribution in [0.25, 0.3) is 10.8 Å². The fourth-order valence-corrected chi connectivity index (χ4v) is 10.4. The molecule has 608 valence electrons. The fourth-order valence-electron chi connectivity index (χ4n) is 9.88. The number of benzene rings is 12. The summed E-state index contributed by atoms with van der Waals surface area (Å²) in [6, 6.07) is 40.7. The van der Waals surface area contributed by atoms with Crippen LogP contribution < -0.4 is 60.3 Å². The topological polar surface area (TPSA) is 128 Å². The average Bonchev–Trinajstić information content (AvgIpc) is 1.70. The molecule has 0 aliphatic heterocycles. The van der Waals surface area contributed by atoms with Gasteiger partial charge < -0.3 is 60.3 Å². The molecule has 13 aromatic rings. The molecule has 0 bridgehead atoms. The number of hydrogen-bond donors (Lipinski definition) is 6. The van der Waals surface area contributed by atoms with Crippen LogP contribution in [0, 0.1) is 34.6 Å². The molecule has 0 amide bonds. The van der Waals surface area contributed by atoms with Crippen LogP contribution in [-0.4, -0.2) is 81.0 Å². The molecule has 0 fully saturated rings. The first-order valence-corrected chi connectivity index (χ1v) is 36.7. The molecular weight excluding hydrogens is 1450 g/mol. The van der Waals surface area contributed by atoms with Crippen molar-refractivity contribution in [2.24, 2.45) is 0 Å². The summed E-state index contributed by atoms with van der Waals surface area (Å²) in [6.45, 7) is -16.0. The summed E-state index contributed by atoms with van der Waals surface area (Å²) in [7, 11) is 0. The maximum absolute atomic E-state index is 9.01. The highest BCUT2D eigenvalue weighted by atomic mass is 32.1. The third kappa shape index (κ3) is 33.5. The van der Waals surface area contributed by atoms with Crippen LogP contribution in [0.2, 0.25) is 0 Å². The van der Waals surface area contributed by atoms with Crippen molar-refractivity contribution in [2.75, 3.05) is 81.0 Å². The van der Waals surface area contributed by atoms with Crippen molar-refractivity contribution >= 4 is 22.1 Å². The zero-order valence-corrected chi connectivity index (χ0v) is 64.7. The molecule has 6 unspecified atom stereocenters. The van der Waals surface area contributed by atoms with Gasteiger partial charge in [0.25, 0.3) is 0 Å². The fraction of sp³-hybridized carbons (Fsp3) is 0.282. The Balaban J connectivity index is 0.000000249. The highest BCUT2D eigenvalue weighted by Crippen LogP contribution is 2.35. The molecule has 6 N–H and O–H groups in total. The lowest BCUT2D eigenvalue weighted by molar-refractivity contribution is 0.195. The molecule has 12 nitrogen and oxygen atoms in total. The maximum Gasteiger partial charge on any atom is 0.134 e. The number of hydrogen-bond acceptors (Lipinski definition) is 13. The Hall–Kier alpha value is -10.8. The monoisotopic (exact) mass is 1630 g/mol. The van der Waals surface area contributed by atoms with Crippen LogP contribution in [0.4, 0.5) is 0 Å². The summed E-state index contributed by atoms with van der Waals surface area (Å²) < 4.78 is 466. The van der Waals surface area contributed by atoms with Crippen molar-refractivity contribution in [1.29, 1.82) is 0 Å². The molecule has 6 atom stereocenters. The molecule has 0 radical (unpaired) electrons. The Bertz CT molecular complexity index is 7440. The van der Waals surface area contributed by atoms with Gasteiger partial charge in [0, 0.05) is 89.8 Å². The van der Waals surface area contributed by atoms with Gasteiger partial charge in [-0.05, 0) is 227 Å². The average molecular weight is 1630 g/mol. The third-order valence-corrected chi connectivity index (χ3v) is 16.3. The van der Waals surface area contributed by atoms with Crippen LogP contribution >= 0.6 is 11.3 Å². The second kappa shape index (κ2) is 53.3. The SMILES string of the molecule is [2H]C([2H])([2H])NC([2H])([2H])C([2H])([2H])C(Oc1ccc(C)cc1)c1ccccc1.[2H]C([2H])([2H])NCCC(Oc1ccc(C)cc1)c1ccccc1.[2H]c1c([2H])c(OC(CCNC([2H])([2H])[2H])c2ccccc2)c([2H])c([2H])c1C.[2H]c1c([2H])c([2H])c(C(CCNC([2H])([2H])[2H])Oc2ccc(C)cc2)c([2H])c1[2H].[2H]c1c([2H])c([2H])c(C(Oc2ccc(C)cc2)C([2H])([2H])C([2H])([2H])NC([2H])([2H])[2H])c([2H])c1[2H].[2H]c1sc(C([2H])(Oc2c([2H])c([2H])c([2H])c3c([2H])c([2H])c([2H])c([2H])c23)C([2H])([2H])C([2H])([2H])NC([2H])([2H])[2H])c([2H])c1[2H]. The second-order valence-corrected chi connectivity index (χ2v) is 25.1. The van der Waals surface area contributed by atoms with E-state index in [0.29, 0.717) is 30.0 Å². The zero-order chi connectivity index (χ0) is 130. The van der Waals surface area contributed by atoms with Crippen molar-refractivity contribution in [3.05, 3.63) is 393 Å². The van der Waals surface area contributed by atoms with E-state index >= 15 is 0 Å². The molecule has 13 heteroatoms. The molecule has 1 aromatic heterocycles. The Morgan fingerprint density at radius 1 is 0.310 bits per heavy atom. The molecule has 0 spiro atoms. The van der Waals surface area contributed by atoms with Gasteiger partial charge >= 0.3 is 0 Å². The lowest BCUT2D eigenvalue weighted by Crippen LogP contribution is -2.16. The molecule has 0 saturated heterocycles. The van der Waals surface area contributed by atoms with Crippen LogP contribution in [0.5, 0.6) is 34.5 Å². The Labute approximate surface area is 774 Å². The quantitative estimate of drug-likeness (QED) is 0.0224. The van der Waals surface area contributed by atoms with E-state index in [2.05, 4.69) is 16.0 Å². The van der Waals surface area contributed by atoms with Gasteiger partial charge in [-0.15, -0.1) is 11.3 Å². The van der Waals surface area contributed by atoms with Crippen molar-refractivity contribution in [3.8, 4) is 34.5 Å². The second-order valence-electron chi connectivity index (χ2n) is 24.3. The van der Waals surface area contributed by atoms with Crippen molar-refractivity contribution in [2.45, 2.75) is 110 Å². The minimum Gasteiger partial charge on any atom is -0.486 e. The van der Waals surface area contributed by atoms with Gasteiger partial charge in [0.1, 0.15) is 71.1 Å². The van der Waals surface area contributed by atoms with Gasteiger partial charge in [-0.3, -0.25) is 0 Å². The van der Waals surface area contributed by atoms with Crippen molar-refractivity contribution < 1.29 is 104 Å². The summed E-state index contributed by atoms with van der Waals surface area (Å²) in [4.78, 5) is -0.895. The van der Waals surface area contributed by atoms with Gasteiger partial charge in [-0.25, -0.2) is 0 Å². The van der Waals surface area contributed by atoms with Gasteiger partial charge in [-0.1, -0.05) is 282 Å². The van der Waals surface area contributed by atoms with E-state index in [1.165, 1.54) is 29.9 Å². The van der Waals surface area contributed by atoms with Gasteiger partial charge in [0.05, 0.1) is 34.3 Å². The summed E-state index contributed by atoms with van der Waals surface area (Å²) >= 11 is 0.168. The van der Waals surface area contributed by atoms with E-state index in [0.717, 1.165) is 33.6 Å². The maximum atomic E-state index is 9.01. The summed E-state index contributed by atoms with van der Waals surface area (Å²) in [5, 5.41) is 10.1. The predicted molar refractivity (Wildman–Crippen MR) is 488 cm³/mol. The lowest BCUT2D eigenvalue weighted by atomic mass is 10.1. The normalized spacial score (nSPS) is 20.7. The predicted octanol–water partition coefficient (Wildman–Crippen LogP) is 23.3. The molecule has 1 heterocycles. The van der Waals surface area contributed by atoms with Crippen LogP contribution in [0.15, 0.2) is 332 Å². The summed E-state index contributed by atoms with van der Waals surface area (Å²) in [5.41, 5.74) is 5.86. The van der Waals surface area contributed by atoms with E-state index in [-0.39, 0.29) is 102 Å². The van der Waals surface area contributed by atoms with Gasteiger partial charge in [-0.2, -0.15) is 0 Å². The Morgan fingerprint density at radius 3 is 1.08 bits per heavy atom. The first kappa shape index (κ1) is 40.8. The molecule has 13 rings (SSSR count). The molecular formula is C103H124N6O6S.